The number of nitrogens with zero attached hydrogens (tertiary/aromatic N) is 2. The predicted molar refractivity (Wildman–Crippen MR) is 111 cm³/mol. The molecule has 1 aliphatic rings. The number of benzene rings is 1. The van der Waals surface area contributed by atoms with E-state index in [1.807, 2.05) is 6.08 Å². The van der Waals surface area contributed by atoms with Crippen LogP contribution >= 0.6 is 27.5 Å². The zero-order chi connectivity index (χ0) is 19.1. The Balaban J connectivity index is 0.000000290. The summed E-state index contributed by atoms with van der Waals surface area (Å²) in [4.78, 5) is 16.7. The van der Waals surface area contributed by atoms with Crippen molar-refractivity contribution in [2.45, 2.75) is 38.8 Å². The molecule has 1 saturated heterocycles. The van der Waals surface area contributed by atoms with Gasteiger partial charge >= 0.3 is 0 Å². The molecule has 2 aromatic rings. The van der Waals surface area contributed by atoms with Gasteiger partial charge in [-0.1, -0.05) is 24.6 Å². The predicted octanol–water partition coefficient (Wildman–Crippen LogP) is 3.76. The maximum absolute atomic E-state index is 12.4. The fourth-order valence-electron chi connectivity index (χ4n) is 2.81. The Hall–Kier alpha value is -1.21. The summed E-state index contributed by atoms with van der Waals surface area (Å²) in [5.74, 6) is 0.348. The summed E-state index contributed by atoms with van der Waals surface area (Å²) in [5.41, 5.74) is 0.587. The summed E-state index contributed by atoms with van der Waals surface area (Å²) >= 11 is 9.36. The molecule has 1 aromatic carbocycles. The standard InChI is InChI=1S/C14H14BrClN2O.C5H11NO/c1-3-4-9(2)7-18-8-17-13-6-11(15)12(16)5-10(13)14(18)19;7-5-2-1-3-6-4-5/h3,5-6,8-9H,1,4,7H2,2H3;5-7H,1-4H2/t9-;/m1./s1. The number of aromatic nitrogens is 2. The molecule has 0 bridgehead atoms. The minimum absolute atomic E-state index is 0.0599. The van der Waals surface area contributed by atoms with E-state index < -0.39 is 0 Å². The van der Waals surface area contributed by atoms with E-state index in [4.69, 9.17) is 16.7 Å². The fraction of sp³-hybridized carbons (Fsp3) is 0.474. The van der Waals surface area contributed by atoms with Crippen LogP contribution in [-0.4, -0.2) is 33.9 Å². The monoisotopic (exact) mass is 441 g/mol. The molecule has 0 spiro atoms. The number of rotatable bonds is 4. The van der Waals surface area contributed by atoms with E-state index in [2.05, 4.69) is 39.7 Å². The number of halogens is 2. The third kappa shape index (κ3) is 5.91. The Bertz CT molecular complexity index is 803. The van der Waals surface area contributed by atoms with Crippen LogP contribution in [0.15, 0.2) is 40.4 Å². The van der Waals surface area contributed by atoms with Crippen molar-refractivity contribution < 1.29 is 5.11 Å². The van der Waals surface area contributed by atoms with Crippen molar-refractivity contribution >= 4 is 38.4 Å². The van der Waals surface area contributed by atoms with Crippen molar-refractivity contribution in [2.24, 2.45) is 5.92 Å². The van der Waals surface area contributed by atoms with Gasteiger partial charge in [-0.05, 0) is 59.8 Å². The maximum Gasteiger partial charge on any atom is 0.261 e. The second-order valence-electron chi connectivity index (χ2n) is 6.62. The van der Waals surface area contributed by atoms with Crippen LogP contribution in [0.3, 0.4) is 0 Å². The van der Waals surface area contributed by atoms with E-state index in [0.29, 0.717) is 28.4 Å². The molecule has 2 atom stereocenters. The second kappa shape index (κ2) is 10.2. The molecule has 26 heavy (non-hydrogen) atoms. The van der Waals surface area contributed by atoms with Gasteiger partial charge in [-0.25, -0.2) is 4.98 Å². The van der Waals surface area contributed by atoms with Crippen LogP contribution in [0.2, 0.25) is 5.02 Å². The van der Waals surface area contributed by atoms with Crippen LogP contribution in [-0.2, 0) is 6.54 Å². The molecule has 0 radical (unpaired) electrons. The fourth-order valence-corrected chi connectivity index (χ4v) is 3.31. The van der Waals surface area contributed by atoms with E-state index in [-0.39, 0.29) is 11.7 Å². The Kier molecular flexibility index (Phi) is 8.28. The molecule has 0 amide bonds. The second-order valence-corrected chi connectivity index (χ2v) is 7.88. The number of nitrogens with one attached hydrogen (secondary N) is 1. The number of fused-ring (bicyclic) bond motifs is 1. The Morgan fingerprint density at radius 1 is 1.58 bits per heavy atom. The summed E-state index contributed by atoms with van der Waals surface area (Å²) in [7, 11) is 0. The molecular weight excluding hydrogens is 418 g/mol. The summed E-state index contributed by atoms with van der Waals surface area (Å²) < 4.78 is 2.37. The van der Waals surface area contributed by atoms with Gasteiger partial charge in [-0.3, -0.25) is 9.36 Å². The summed E-state index contributed by atoms with van der Waals surface area (Å²) in [6.07, 6.45) is 6.34. The first kappa shape index (κ1) is 21.1. The minimum atomic E-state index is -0.0752. The number of hydrogen-bond acceptors (Lipinski definition) is 4. The Labute approximate surface area is 167 Å². The van der Waals surface area contributed by atoms with E-state index >= 15 is 0 Å². The normalized spacial score (nSPS) is 18.1. The van der Waals surface area contributed by atoms with Gasteiger partial charge in [0.2, 0.25) is 0 Å². The zero-order valence-corrected chi connectivity index (χ0v) is 17.3. The van der Waals surface area contributed by atoms with Gasteiger partial charge in [-0.15, -0.1) is 6.58 Å². The lowest BCUT2D eigenvalue weighted by molar-refractivity contribution is 0.142. The van der Waals surface area contributed by atoms with Crippen molar-refractivity contribution in [3.63, 3.8) is 0 Å². The highest BCUT2D eigenvalue weighted by Gasteiger charge is 2.09. The average Bonchev–Trinajstić information content (AvgIpc) is 2.61. The molecule has 0 saturated carbocycles. The maximum atomic E-state index is 12.4. The number of aliphatic hydroxyl groups excluding tert-OH is 1. The van der Waals surface area contributed by atoms with Gasteiger partial charge in [0.05, 0.1) is 28.4 Å². The molecule has 1 aliphatic heterocycles. The highest BCUT2D eigenvalue weighted by atomic mass is 79.9. The Morgan fingerprint density at radius 3 is 2.92 bits per heavy atom. The molecule has 142 valence electrons. The third-order valence-corrected chi connectivity index (χ3v) is 5.41. The number of β-amino-alcohol motifs (C(OH)–C–C–N with tert-alkyl or cyclic N) is 1. The first-order valence-corrected chi connectivity index (χ1v) is 9.93. The quantitative estimate of drug-likeness (QED) is 0.708. The van der Waals surface area contributed by atoms with E-state index in [0.717, 1.165) is 36.8 Å². The molecule has 5 nitrogen and oxygen atoms in total. The van der Waals surface area contributed by atoms with Crippen LogP contribution in [0.1, 0.15) is 26.2 Å². The minimum Gasteiger partial charge on any atom is -0.392 e. The summed E-state index contributed by atoms with van der Waals surface area (Å²) in [5, 5.41) is 13.0. The smallest absolute Gasteiger partial charge is 0.261 e. The van der Waals surface area contributed by atoms with E-state index in [1.54, 1.807) is 23.0 Å². The van der Waals surface area contributed by atoms with Gasteiger partial charge in [0.1, 0.15) is 0 Å². The van der Waals surface area contributed by atoms with Gasteiger partial charge < -0.3 is 10.4 Å². The summed E-state index contributed by atoms with van der Waals surface area (Å²) in [6.45, 7) is 8.29. The average molecular weight is 443 g/mol. The molecule has 1 unspecified atom stereocenters. The molecule has 2 N–H and O–H groups in total. The number of piperidine rings is 1. The lowest BCUT2D eigenvalue weighted by atomic mass is 10.1. The van der Waals surface area contributed by atoms with Crippen molar-refractivity contribution in [2.75, 3.05) is 13.1 Å². The first-order valence-electron chi connectivity index (χ1n) is 8.76. The highest BCUT2D eigenvalue weighted by molar-refractivity contribution is 9.10. The molecule has 1 fully saturated rings. The lowest BCUT2D eigenvalue weighted by Gasteiger charge is -2.16. The molecule has 2 heterocycles. The lowest BCUT2D eigenvalue weighted by Crippen LogP contribution is -2.33. The largest absolute Gasteiger partial charge is 0.392 e. The molecular formula is C19H25BrClN3O2. The first-order chi connectivity index (χ1) is 12.4. The van der Waals surface area contributed by atoms with Crippen molar-refractivity contribution in [1.82, 2.24) is 14.9 Å². The molecule has 3 rings (SSSR count). The van der Waals surface area contributed by atoms with Gasteiger partial charge in [0.15, 0.2) is 0 Å². The van der Waals surface area contributed by atoms with Crippen LogP contribution in [0.25, 0.3) is 10.9 Å². The molecule has 7 heteroatoms. The van der Waals surface area contributed by atoms with Crippen LogP contribution < -0.4 is 10.9 Å². The van der Waals surface area contributed by atoms with Gasteiger partial charge in [-0.2, -0.15) is 0 Å². The van der Waals surface area contributed by atoms with Gasteiger partial charge in [0.25, 0.3) is 5.56 Å². The van der Waals surface area contributed by atoms with E-state index in [9.17, 15) is 4.79 Å². The van der Waals surface area contributed by atoms with Crippen LogP contribution in [0, 0.1) is 5.92 Å². The number of hydrogen-bond donors (Lipinski definition) is 2. The van der Waals surface area contributed by atoms with Crippen LogP contribution in [0.4, 0.5) is 0 Å². The number of allylic oxidation sites excluding steroid dienone is 1. The van der Waals surface area contributed by atoms with Crippen molar-refractivity contribution in [3.05, 3.63) is 51.0 Å². The molecule has 1 aromatic heterocycles. The van der Waals surface area contributed by atoms with Gasteiger partial charge in [0, 0.05) is 17.6 Å². The van der Waals surface area contributed by atoms with Crippen LogP contribution in [0.5, 0.6) is 0 Å². The zero-order valence-electron chi connectivity index (χ0n) is 14.9. The van der Waals surface area contributed by atoms with E-state index in [1.165, 1.54) is 0 Å². The SMILES string of the molecule is C=CC[C@@H](C)Cn1cnc2cc(Br)c(Cl)cc2c1=O.OC1CCCNC1. The topological polar surface area (TPSA) is 67.2 Å². The summed E-state index contributed by atoms with van der Waals surface area (Å²) in [6, 6.07) is 3.42. The molecule has 0 aliphatic carbocycles. The number of aliphatic hydroxyl groups is 1. The van der Waals surface area contributed by atoms with Crippen molar-refractivity contribution in [1.29, 1.82) is 0 Å². The highest BCUT2D eigenvalue weighted by Crippen LogP contribution is 2.25. The van der Waals surface area contributed by atoms with Crippen molar-refractivity contribution in [3.8, 4) is 0 Å². The Morgan fingerprint density at radius 2 is 2.35 bits per heavy atom. The third-order valence-electron chi connectivity index (χ3n) is 4.21.